The molecule has 20 heavy (non-hydrogen) atoms. The number of hydrogen-bond acceptors (Lipinski definition) is 2. The Morgan fingerprint density at radius 1 is 1.35 bits per heavy atom. The van der Waals surface area contributed by atoms with Crippen LogP contribution in [-0.2, 0) is 0 Å². The number of halogens is 2. The predicted molar refractivity (Wildman–Crippen MR) is 84.2 cm³/mol. The molecule has 3 rings (SSSR count). The highest BCUT2D eigenvalue weighted by atomic mass is 79.9. The van der Waals surface area contributed by atoms with Gasteiger partial charge in [-0.3, -0.25) is 4.79 Å². The largest absolute Gasteiger partial charge is 0.345 e. The molecule has 0 unspecified atom stereocenters. The lowest BCUT2D eigenvalue weighted by Crippen LogP contribution is -2.47. The zero-order chi connectivity index (χ0) is 14.2. The van der Waals surface area contributed by atoms with Crippen LogP contribution in [0.25, 0.3) is 10.1 Å². The number of hydrogen-bond donors (Lipinski definition) is 1. The minimum Gasteiger partial charge on any atom is -0.345 e. The standard InChI is InChI=1S/C15H15BrFNOS/c16-9-15(5-1-2-6-15)18-14(19)13-7-10-3-4-11(17)8-12(10)20-13/h3-4,7-8H,1-2,5-6,9H2,(H,18,19). The van der Waals surface area contributed by atoms with Crippen LogP contribution in [0.3, 0.4) is 0 Å². The molecule has 2 nitrogen and oxygen atoms in total. The van der Waals surface area contributed by atoms with E-state index in [1.54, 1.807) is 6.07 Å². The van der Waals surface area contributed by atoms with Crippen LogP contribution in [0, 0.1) is 5.82 Å². The summed E-state index contributed by atoms with van der Waals surface area (Å²) >= 11 is 4.86. The van der Waals surface area contributed by atoms with Crippen molar-refractivity contribution in [3.05, 3.63) is 35.0 Å². The monoisotopic (exact) mass is 355 g/mol. The summed E-state index contributed by atoms with van der Waals surface area (Å²) in [4.78, 5) is 13.1. The molecule has 1 aromatic carbocycles. The summed E-state index contributed by atoms with van der Waals surface area (Å²) in [6.45, 7) is 0. The molecule has 0 radical (unpaired) electrons. The average Bonchev–Trinajstić information content (AvgIpc) is 3.05. The van der Waals surface area contributed by atoms with Crippen LogP contribution in [-0.4, -0.2) is 16.8 Å². The fraction of sp³-hybridized carbons (Fsp3) is 0.400. The maximum absolute atomic E-state index is 13.2. The molecule has 106 valence electrons. The van der Waals surface area contributed by atoms with Crippen molar-refractivity contribution in [2.24, 2.45) is 0 Å². The zero-order valence-electron chi connectivity index (χ0n) is 10.9. The minimum absolute atomic E-state index is 0.0482. The van der Waals surface area contributed by atoms with Gasteiger partial charge in [-0.15, -0.1) is 11.3 Å². The van der Waals surface area contributed by atoms with Gasteiger partial charge < -0.3 is 5.32 Å². The van der Waals surface area contributed by atoms with Crippen molar-refractivity contribution < 1.29 is 9.18 Å². The van der Waals surface area contributed by atoms with Gasteiger partial charge in [0.15, 0.2) is 0 Å². The summed E-state index contributed by atoms with van der Waals surface area (Å²) in [6.07, 6.45) is 4.35. The van der Waals surface area contributed by atoms with Gasteiger partial charge in [0.25, 0.3) is 5.91 Å². The third kappa shape index (κ3) is 2.61. The average molecular weight is 356 g/mol. The lowest BCUT2D eigenvalue weighted by molar-refractivity contribution is 0.0914. The van der Waals surface area contributed by atoms with Crippen molar-refractivity contribution in [3.8, 4) is 0 Å². The summed E-state index contributed by atoms with van der Waals surface area (Å²) in [5.41, 5.74) is -0.113. The second kappa shape index (κ2) is 5.45. The van der Waals surface area contributed by atoms with E-state index in [1.807, 2.05) is 6.07 Å². The van der Waals surface area contributed by atoms with E-state index in [1.165, 1.54) is 23.5 Å². The van der Waals surface area contributed by atoms with Crippen molar-refractivity contribution >= 4 is 43.3 Å². The van der Waals surface area contributed by atoms with Crippen molar-refractivity contribution in [1.82, 2.24) is 5.32 Å². The maximum atomic E-state index is 13.2. The molecule has 1 saturated carbocycles. The minimum atomic E-state index is -0.265. The van der Waals surface area contributed by atoms with E-state index in [0.717, 1.165) is 41.1 Å². The number of alkyl halides is 1. The Morgan fingerprint density at radius 2 is 2.10 bits per heavy atom. The van der Waals surface area contributed by atoms with Gasteiger partial charge in [0.2, 0.25) is 0 Å². The first-order chi connectivity index (χ1) is 9.62. The number of carbonyl (C=O) groups excluding carboxylic acids is 1. The third-order valence-corrected chi connectivity index (χ3v) is 6.07. The SMILES string of the molecule is O=C(NC1(CBr)CCCC1)c1cc2ccc(F)cc2s1. The maximum Gasteiger partial charge on any atom is 0.261 e. The Labute approximate surface area is 129 Å². The molecule has 0 saturated heterocycles. The Morgan fingerprint density at radius 3 is 2.80 bits per heavy atom. The van der Waals surface area contributed by atoms with E-state index in [2.05, 4.69) is 21.2 Å². The number of carbonyl (C=O) groups is 1. The first kappa shape index (κ1) is 14.0. The molecule has 5 heteroatoms. The van der Waals surface area contributed by atoms with Crippen LogP contribution in [0.15, 0.2) is 24.3 Å². The van der Waals surface area contributed by atoms with Gasteiger partial charge in [-0.2, -0.15) is 0 Å². The van der Waals surface area contributed by atoms with Gasteiger partial charge in [-0.05, 0) is 36.4 Å². The molecule has 1 aromatic heterocycles. The molecule has 1 aliphatic rings. The highest BCUT2D eigenvalue weighted by Crippen LogP contribution is 2.33. The number of fused-ring (bicyclic) bond motifs is 1. The van der Waals surface area contributed by atoms with Gasteiger partial charge in [0.05, 0.1) is 10.4 Å². The molecular weight excluding hydrogens is 341 g/mol. The van der Waals surface area contributed by atoms with Gasteiger partial charge in [0, 0.05) is 10.0 Å². The van der Waals surface area contributed by atoms with Crippen molar-refractivity contribution in [3.63, 3.8) is 0 Å². The second-order valence-corrected chi connectivity index (χ2v) is 7.01. The Kier molecular flexibility index (Phi) is 3.82. The van der Waals surface area contributed by atoms with Crippen LogP contribution in [0.2, 0.25) is 0 Å². The van der Waals surface area contributed by atoms with Gasteiger partial charge in [0.1, 0.15) is 5.82 Å². The van der Waals surface area contributed by atoms with E-state index >= 15 is 0 Å². The van der Waals surface area contributed by atoms with Gasteiger partial charge in [-0.1, -0.05) is 34.8 Å². The molecule has 0 aliphatic heterocycles. The smallest absolute Gasteiger partial charge is 0.261 e. The van der Waals surface area contributed by atoms with E-state index in [9.17, 15) is 9.18 Å². The van der Waals surface area contributed by atoms with E-state index in [0.29, 0.717) is 4.88 Å². The lowest BCUT2D eigenvalue weighted by Gasteiger charge is -2.27. The van der Waals surface area contributed by atoms with Gasteiger partial charge >= 0.3 is 0 Å². The highest BCUT2D eigenvalue weighted by Gasteiger charge is 2.34. The summed E-state index contributed by atoms with van der Waals surface area (Å²) in [5.74, 6) is -0.313. The molecule has 1 heterocycles. The van der Waals surface area contributed by atoms with Crippen LogP contribution >= 0.6 is 27.3 Å². The number of thiophene rings is 1. The van der Waals surface area contributed by atoms with E-state index in [4.69, 9.17) is 0 Å². The molecule has 1 aliphatic carbocycles. The van der Waals surface area contributed by atoms with Crippen molar-refractivity contribution in [2.45, 2.75) is 31.2 Å². The Hall–Kier alpha value is -0.940. The number of rotatable bonds is 3. The predicted octanol–water partition coefficient (Wildman–Crippen LogP) is 4.48. The summed E-state index contributed by atoms with van der Waals surface area (Å²) in [7, 11) is 0. The molecular formula is C15H15BrFNOS. The fourth-order valence-electron chi connectivity index (χ4n) is 2.76. The first-order valence-electron chi connectivity index (χ1n) is 6.69. The lowest BCUT2D eigenvalue weighted by atomic mass is 10.0. The van der Waals surface area contributed by atoms with Gasteiger partial charge in [-0.25, -0.2) is 4.39 Å². The Bertz CT molecular complexity index is 648. The highest BCUT2D eigenvalue weighted by molar-refractivity contribution is 9.09. The molecule has 0 spiro atoms. The molecule has 2 aromatic rings. The van der Waals surface area contributed by atoms with Crippen LogP contribution < -0.4 is 5.32 Å². The molecule has 1 fully saturated rings. The molecule has 0 atom stereocenters. The number of nitrogens with one attached hydrogen (secondary N) is 1. The van der Waals surface area contributed by atoms with Crippen molar-refractivity contribution in [2.75, 3.05) is 5.33 Å². The number of benzene rings is 1. The third-order valence-electron chi connectivity index (χ3n) is 3.90. The fourth-order valence-corrected chi connectivity index (χ4v) is 4.45. The zero-order valence-corrected chi connectivity index (χ0v) is 13.3. The summed E-state index contributed by atoms with van der Waals surface area (Å²) in [6, 6.07) is 6.46. The van der Waals surface area contributed by atoms with Crippen LogP contribution in [0.4, 0.5) is 4.39 Å². The normalized spacial score (nSPS) is 17.5. The number of amides is 1. The van der Waals surface area contributed by atoms with E-state index < -0.39 is 0 Å². The first-order valence-corrected chi connectivity index (χ1v) is 8.63. The summed E-state index contributed by atoms with van der Waals surface area (Å²) < 4.78 is 14.0. The van der Waals surface area contributed by atoms with Crippen LogP contribution in [0.5, 0.6) is 0 Å². The Balaban J connectivity index is 1.85. The van der Waals surface area contributed by atoms with Crippen LogP contribution in [0.1, 0.15) is 35.4 Å². The van der Waals surface area contributed by atoms with E-state index in [-0.39, 0.29) is 17.3 Å². The summed E-state index contributed by atoms with van der Waals surface area (Å²) in [5, 5.41) is 4.87. The molecule has 1 N–H and O–H groups in total. The molecule has 0 bridgehead atoms. The topological polar surface area (TPSA) is 29.1 Å². The quantitative estimate of drug-likeness (QED) is 0.808. The molecule has 1 amide bonds. The second-order valence-electron chi connectivity index (χ2n) is 5.37. The van der Waals surface area contributed by atoms with Crippen molar-refractivity contribution in [1.29, 1.82) is 0 Å².